The van der Waals surface area contributed by atoms with Crippen molar-refractivity contribution in [2.75, 3.05) is 18.0 Å². The average molecular weight is 453 g/mol. The van der Waals surface area contributed by atoms with Crippen molar-refractivity contribution in [1.82, 2.24) is 5.32 Å². The van der Waals surface area contributed by atoms with E-state index in [4.69, 9.17) is 21.1 Å². The van der Waals surface area contributed by atoms with Gasteiger partial charge in [-0.25, -0.2) is 8.42 Å². The van der Waals surface area contributed by atoms with E-state index in [2.05, 4.69) is 5.32 Å². The van der Waals surface area contributed by atoms with Crippen LogP contribution in [0, 0.1) is 5.92 Å². The molecule has 0 spiro atoms. The first-order valence-electron chi connectivity index (χ1n) is 9.57. The molecule has 2 aromatic rings. The van der Waals surface area contributed by atoms with Crippen molar-refractivity contribution in [2.24, 2.45) is 5.92 Å². The minimum Gasteiger partial charge on any atom is -0.497 e. The SMILES string of the molecule is COc1ccc(S(=O)(=O)N2C[C@@H](C(=O)N[C@@H](C)C(C)C)Oc3ccc(Cl)cc32)cc1. The van der Waals surface area contributed by atoms with Gasteiger partial charge >= 0.3 is 0 Å². The fourth-order valence-corrected chi connectivity index (χ4v) is 4.58. The molecule has 1 heterocycles. The Morgan fingerprint density at radius 2 is 1.87 bits per heavy atom. The Bertz CT molecular complexity index is 1020. The normalized spacial score (nSPS) is 17.1. The number of amides is 1. The van der Waals surface area contributed by atoms with Crippen LogP contribution in [0.15, 0.2) is 47.4 Å². The van der Waals surface area contributed by atoms with Gasteiger partial charge in [0, 0.05) is 11.1 Å². The van der Waals surface area contributed by atoms with Crippen LogP contribution in [0.2, 0.25) is 5.02 Å². The number of hydrogen-bond donors (Lipinski definition) is 1. The molecule has 0 aromatic heterocycles. The van der Waals surface area contributed by atoms with E-state index in [0.717, 1.165) is 0 Å². The smallest absolute Gasteiger partial charge is 0.264 e. The van der Waals surface area contributed by atoms with Gasteiger partial charge in [0.05, 0.1) is 24.2 Å². The number of sulfonamides is 1. The molecule has 0 saturated carbocycles. The summed E-state index contributed by atoms with van der Waals surface area (Å²) < 4.78 is 38.9. The van der Waals surface area contributed by atoms with Crippen LogP contribution in [-0.2, 0) is 14.8 Å². The van der Waals surface area contributed by atoms with Gasteiger partial charge in [0.15, 0.2) is 6.10 Å². The summed E-state index contributed by atoms with van der Waals surface area (Å²) in [6.07, 6.45) is -0.993. The molecule has 0 fully saturated rings. The number of hydrogen-bond acceptors (Lipinski definition) is 5. The molecule has 1 aliphatic rings. The Morgan fingerprint density at radius 3 is 2.47 bits per heavy atom. The molecule has 1 amide bonds. The third-order valence-corrected chi connectivity index (χ3v) is 7.13. The summed E-state index contributed by atoms with van der Waals surface area (Å²) in [6, 6.07) is 10.7. The second-order valence-corrected chi connectivity index (χ2v) is 9.77. The molecule has 2 atom stereocenters. The number of ether oxygens (including phenoxy) is 2. The van der Waals surface area contributed by atoms with Gasteiger partial charge in [-0.3, -0.25) is 9.10 Å². The number of anilines is 1. The molecule has 7 nitrogen and oxygen atoms in total. The maximum absolute atomic E-state index is 13.4. The lowest BCUT2D eigenvalue weighted by Crippen LogP contribution is -2.52. The molecular formula is C21H25ClN2O5S. The van der Waals surface area contributed by atoms with Crippen molar-refractivity contribution in [3.05, 3.63) is 47.5 Å². The summed E-state index contributed by atoms with van der Waals surface area (Å²) in [4.78, 5) is 12.9. The largest absolute Gasteiger partial charge is 0.497 e. The zero-order chi connectivity index (χ0) is 22.1. The highest BCUT2D eigenvalue weighted by atomic mass is 35.5. The highest BCUT2D eigenvalue weighted by Gasteiger charge is 2.38. The van der Waals surface area contributed by atoms with Gasteiger partial charge in [-0.1, -0.05) is 25.4 Å². The van der Waals surface area contributed by atoms with E-state index in [1.54, 1.807) is 24.3 Å². The van der Waals surface area contributed by atoms with Crippen LogP contribution in [0.4, 0.5) is 5.69 Å². The van der Waals surface area contributed by atoms with E-state index in [0.29, 0.717) is 16.5 Å². The number of fused-ring (bicyclic) bond motifs is 1. The highest BCUT2D eigenvalue weighted by Crippen LogP contribution is 2.39. The van der Waals surface area contributed by atoms with E-state index < -0.39 is 16.1 Å². The monoisotopic (exact) mass is 452 g/mol. The number of carbonyl (C=O) groups is 1. The number of methoxy groups -OCH3 is 1. The van der Waals surface area contributed by atoms with Gasteiger partial charge in [0.25, 0.3) is 15.9 Å². The van der Waals surface area contributed by atoms with Gasteiger partial charge in [-0.05, 0) is 55.3 Å². The fourth-order valence-electron chi connectivity index (χ4n) is 2.95. The summed E-state index contributed by atoms with van der Waals surface area (Å²) in [7, 11) is -2.46. The molecular weight excluding hydrogens is 428 g/mol. The van der Waals surface area contributed by atoms with E-state index in [-0.39, 0.29) is 35.1 Å². The first-order chi connectivity index (χ1) is 14.1. The molecule has 0 radical (unpaired) electrons. The summed E-state index contributed by atoms with van der Waals surface area (Å²) in [5.41, 5.74) is 0.291. The first-order valence-corrected chi connectivity index (χ1v) is 11.4. The fraction of sp³-hybridized carbons (Fsp3) is 0.381. The standard InChI is InChI=1S/C21H25ClN2O5S/c1-13(2)14(3)23-21(25)20-12-24(18-11-15(22)5-10-19(18)29-20)30(26,27)17-8-6-16(28-4)7-9-17/h5-11,13-14,20H,12H2,1-4H3,(H,23,25)/t14-,20-/m0/s1. The maximum atomic E-state index is 13.4. The Hall–Kier alpha value is -2.45. The van der Waals surface area contributed by atoms with Gasteiger partial charge in [0.1, 0.15) is 11.5 Å². The van der Waals surface area contributed by atoms with Crippen LogP contribution in [0.1, 0.15) is 20.8 Å². The number of benzene rings is 2. The molecule has 0 saturated heterocycles. The average Bonchev–Trinajstić information content (AvgIpc) is 2.72. The van der Waals surface area contributed by atoms with Crippen LogP contribution < -0.4 is 19.1 Å². The third-order valence-electron chi connectivity index (χ3n) is 5.10. The molecule has 1 aliphatic heterocycles. The first kappa shape index (κ1) is 22.2. The zero-order valence-electron chi connectivity index (χ0n) is 17.3. The summed E-state index contributed by atoms with van der Waals surface area (Å²) in [6.45, 7) is 5.71. The summed E-state index contributed by atoms with van der Waals surface area (Å²) in [5, 5.41) is 3.25. The van der Waals surface area contributed by atoms with E-state index in [1.165, 1.54) is 29.6 Å². The number of nitrogens with one attached hydrogen (secondary N) is 1. The summed E-state index contributed by atoms with van der Waals surface area (Å²) >= 11 is 6.11. The number of halogens is 1. The second-order valence-electron chi connectivity index (χ2n) is 7.47. The Morgan fingerprint density at radius 1 is 1.20 bits per heavy atom. The molecule has 0 aliphatic carbocycles. The van der Waals surface area contributed by atoms with Gasteiger partial charge in [-0.15, -0.1) is 0 Å². The van der Waals surface area contributed by atoms with Crippen LogP contribution in [0.5, 0.6) is 11.5 Å². The van der Waals surface area contributed by atoms with Crippen LogP contribution in [0.25, 0.3) is 0 Å². The Labute approximate surface area is 182 Å². The van der Waals surface area contributed by atoms with Crippen molar-refractivity contribution in [3.8, 4) is 11.5 Å². The van der Waals surface area contributed by atoms with Gasteiger partial charge < -0.3 is 14.8 Å². The molecule has 162 valence electrons. The summed E-state index contributed by atoms with van der Waals surface area (Å²) in [5.74, 6) is 0.675. The maximum Gasteiger partial charge on any atom is 0.264 e. The molecule has 0 bridgehead atoms. The van der Waals surface area contributed by atoms with Crippen LogP contribution >= 0.6 is 11.6 Å². The quantitative estimate of drug-likeness (QED) is 0.725. The topological polar surface area (TPSA) is 84.9 Å². The second kappa shape index (κ2) is 8.73. The molecule has 1 N–H and O–H groups in total. The van der Waals surface area contributed by atoms with E-state index in [9.17, 15) is 13.2 Å². The lowest BCUT2D eigenvalue weighted by Gasteiger charge is -2.35. The minimum atomic E-state index is -3.97. The van der Waals surface area contributed by atoms with E-state index in [1.807, 2.05) is 20.8 Å². The van der Waals surface area contributed by atoms with Crippen molar-refractivity contribution in [1.29, 1.82) is 0 Å². The predicted molar refractivity (Wildman–Crippen MR) is 116 cm³/mol. The minimum absolute atomic E-state index is 0.0748. The van der Waals surface area contributed by atoms with Crippen LogP contribution in [0.3, 0.4) is 0 Å². The van der Waals surface area contributed by atoms with Crippen molar-refractivity contribution < 1.29 is 22.7 Å². The Kier molecular flexibility index (Phi) is 6.47. The molecule has 2 aromatic carbocycles. The van der Waals surface area contributed by atoms with Crippen molar-refractivity contribution in [3.63, 3.8) is 0 Å². The Balaban J connectivity index is 1.99. The molecule has 9 heteroatoms. The van der Waals surface area contributed by atoms with Gasteiger partial charge in [-0.2, -0.15) is 0 Å². The van der Waals surface area contributed by atoms with E-state index >= 15 is 0 Å². The highest BCUT2D eigenvalue weighted by molar-refractivity contribution is 7.92. The predicted octanol–water partition coefficient (Wildman–Crippen LogP) is 3.47. The van der Waals surface area contributed by atoms with Crippen LogP contribution in [-0.4, -0.2) is 40.1 Å². The number of carbonyl (C=O) groups excluding carboxylic acids is 1. The van der Waals surface area contributed by atoms with Gasteiger partial charge in [0.2, 0.25) is 0 Å². The third kappa shape index (κ3) is 4.49. The molecule has 30 heavy (non-hydrogen) atoms. The number of nitrogens with zero attached hydrogens (tertiary/aromatic N) is 1. The van der Waals surface area contributed by atoms with Crippen molar-refractivity contribution in [2.45, 2.75) is 37.8 Å². The lowest BCUT2D eigenvalue weighted by atomic mass is 10.1. The lowest BCUT2D eigenvalue weighted by molar-refractivity contribution is -0.128. The number of rotatable bonds is 6. The zero-order valence-corrected chi connectivity index (χ0v) is 18.8. The molecule has 0 unspecified atom stereocenters. The molecule has 3 rings (SSSR count). The van der Waals surface area contributed by atoms with Crippen molar-refractivity contribution >= 4 is 33.2 Å².